The Kier molecular flexibility index (Phi) is 4.98. The average Bonchev–Trinajstić information content (AvgIpc) is 2.49. The summed E-state index contributed by atoms with van der Waals surface area (Å²) in [5, 5.41) is 2.71. The van der Waals surface area contributed by atoms with Crippen molar-refractivity contribution in [3.63, 3.8) is 0 Å². The van der Waals surface area contributed by atoms with Crippen molar-refractivity contribution in [2.45, 2.75) is 17.1 Å². The fraction of sp³-hybridized carbons (Fsp3) is 0.167. The monoisotopic (exact) mass is 392 g/mol. The zero-order valence-electron chi connectivity index (χ0n) is 11.2. The van der Waals surface area contributed by atoms with E-state index in [-0.39, 0.29) is 0 Å². The Bertz CT molecular complexity index is 569. The molecule has 0 atom stereocenters. The van der Waals surface area contributed by atoms with E-state index in [0.717, 1.165) is 0 Å². The van der Waals surface area contributed by atoms with Crippen molar-refractivity contribution in [1.82, 2.24) is 0 Å². The van der Waals surface area contributed by atoms with Crippen molar-refractivity contribution in [3.8, 4) is 0 Å². The van der Waals surface area contributed by atoms with Crippen molar-refractivity contribution >= 4 is 38.9 Å². The zero-order valence-corrected chi connectivity index (χ0v) is 14.6. The Morgan fingerprint density at radius 2 is 1.10 bits per heavy atom. The minimum absolute atomic E-state index is 0.553. The summed E-state index contributed by atoms with van der Waals surface area (Å²) in [7, 11) is 0. The van der Waals surface area contributed by atoms with Gasteiger partial charge in [-0.15, -0.1) is 0 Å². The standard InChI is InChI=1S/C18H16Se2/c1-3-8-15(9-4-1)17-14-18(20-13-7-12-19-17)16-10-5-2-6-11-16/h1-6,8-11H,7,12-13H2. The summed E-state index contributed by atoms with van der Waals surface area (Å²) in [5.41, 5.74) is 6.50. The SMILES string of the molecule is C1=C(c2ccccc2)[Se]CCC[Se]C=1c1ccccc1. The third-order valence-electron chi connectivity index (χ3n) is 3.08. The van der Waals surface area contributed by atoms with Crippen LogP contribution >= 0.6 is 0 Å². The maximum absolute atomic E-state index is 3.78. The topological polar surface area (TPSA) is 0 Å². The molecule has 0 amide bonds. The number of hydrogen-bond donors (Lipinski definition) is 0. The number of rotatable bonds is 2. The van der Waals surface area contributed by atoms with Crippen molar-refractivity contribution in [1.29, 1.82) is 0 Å². The first kappa shape index (κ1) is 14.0. The van der Waals surface area contributed by atoms with Gasteiger partial charge in [0.25, 0.3) is 0 Å². The average molecular weight is 390 g/mol. The predicted molar refractivity (Wildman–Crippen MR) is 89.0 cm³/mol. The molecule has 0 unspecified atom stereocenters. The summed E-state index contributed by atoms with van der Waals surface area (Å²) in [6.45, 7) is 0. The van der Waals surface area contributed by atoms with Crippen LogP contribution in [-0.4, -0.2) is 29.9 Å². The van der Waals surface area contributed by atoms with E-state index in [1.165, 1.54) is 37.1 Å². The van der Waals surface area contributed by atoms with Gasteiger partial charge in [-0.25, -0.2) is 0 Å². The van der Waals surface area contributed by atoms with Gasteiger partial charge in [0.05, 0.1) is 0 Å². The molecule has 1 heterocycles. The van der Waals surface area contributed by atoms with Crippen molar-refractivity contribution in [2.75, 3.05) is 0 Å². The molecule has 0 radical (unpaired) electrons. The molecule has 0 N–H and O–H groups in total. The first-order valence-electron chi connectivity index (χ1n) is 6.81. The van der Waals surface area contributed by atoms with Crippen LogP contribution in [0.4, 0.5) is 0 Å². The van der Waals surface area contributed by atoms with E-state index < -0.39 is 0 Å². The quantitative estimate of drug-likeness (QED) is 0.530. The fourth-order valence-electron chi connectivity index (χ4n) is 2.07. The van der Waals surface area contributed by atoms with E-state index in [2.05, 4.69) is 66.4 Å². The molecule has 1 aliphatic heterocycles. The van der Waals surface area contributed by atoms with Gasteiger partial charge >= 0.3 is 133 Å². The van der Waals surface area contributed by atoms with Crippen LogP contribution in [0.1, 0.15) is 17.5 Å². The Labute approximate surface area is 133 Å². The van der Waals surface area contributed by atoms with Crippen molar-refractivity contribution in [3.05, 3.63) is 77.5 Å². The summed E-state index contributed by atoms with van der Waals surface area (Å²) >= 11 is 1.11. The Morgan fingerprint density at radius 1 is 0.650 bits per heavy atom. The van der Waals surface area contributed by atoms with Crippen LogP contribution in [0.5, 0.6) is 0 Å². The maximum atomic E-state index is 3.78. The third kappa shape index (κ3) is 3.55. The molecule has 0 aliphatic carbocycles. The molecular formula is C18H16Se2. The van der Waals surface area contributed by atoms with Crippen LogP contribution in [0, 0.1) is 0 Å². The molecule has 2 aromatic carbocycles. The van der Waals surface area contributed by atoms with E-state index in [1.54, 1.807) is 0 Å². The molecular weight excluding hydrogens is 374 g/mol. The third-order valence-corrected chi connectivity index (χ3v) is 7.78. The van der Waals surface area contributed by atoms with Gasteiger partial charge in [-0.3, -0.25) is 0 Å². The molecule has 20 heavy (non-hydrogen) atoms. The molecule has 0 saturated carbocycles. The molecule has 0 fully saturated rings. The molecule has 0 nitrogen and oxygen atoms in total. The first-order chi connectivity index (χ1) is 9.93. The van der Waals surface area contributed by atoms with E-state index in [9.17, 15) is 0 Å². The van der Waals surface area contributed by atoms with Crippen molar-refractivity contribution < 1.29 is 0 Å². The van der Waals surface area contributed by atoms with Crippen LogP contribution in [0.2, 0.25) is 10.6 Å². The first-order valence-corrected chi connectivity index (χ1v) is 10.9. The summed E-state index contributed by atoms with van der Waals surface area (Å²) in [6.07, 6.45) is 1.37. The molecule has 0 bridgehead atoms. The summed E-state index contributed by atoms with van der Waals surface area (Å²) in [4.78, 5) is 0. The van der Waals surface area contributed by atoms with Crippen LogP contribution in [0.15, 0.2) is 66.4 Å². The fourth-order valence-corrected chi connectivity index (χ4v) is 7.40. The molecule has 100 valence electrons. The van der Waals surface area contributed by atoms with E-state index >= 15 is 0 Å². The van der Waals surface area contributed by atoms with Gasteiger partial charge in [-0.05, 0) is 0 Å². The molecule has 2 aromatic rings. The van der Waals surface area contributed by atoms with Crippen LogP contribution in [-0.2, 0) is 0 Å². The Hall–Kier alpha value is -1.00. The Morgan fingerprint density at radius 3 is 1.55 bits per heavy atom. The van der Waals surface area contributed by atoms with E-state index in [4.69, 9.17) is 0 Å². The second-order valence-corrected chi connectivity index (χ2v) is 9.20. The van der Waals surface area contributed by atoms with Crippen LogP contribution in [0.25, 0.3) is 8.94 Å². The molecule has 1 aliphatic rings. The normalized spacial score (nSPS) is 15.8. The van der Waals surface area contributed by atoms with Gasteiger partial charge < -0.3 is 0 Å². The second kappa shape index (κ2) is 7.14. The van der Waals surface area contributed by atoms with Gasteiger partial charge in [0.1, 0.15) is 0 Å². The van der Waals surface area contributed by atoms with Gasteiger partial charge in [-0.1, -0.05) is 0 Å². The van der Waals surface area contributed by atoms with Crippen LogP contribution in [0.3, 0.4) is 0 Å². The summed E-state index contributed by atoms with van der Waals surface area (Å²) in [6, 6.07) is 21.6. The van der Waals surface area contributed by atoms with Gasteiger partial charge in [-0.2, -0.15) is 0 Å². The van der Waals surface area contributed by atoms with Crippen molar-refractivity contribution in [2.24, 2.45) is 0 Å². The molecule has 0 saturated heterocycles. The second-order valence-electron chi connectivity index (χ2n) is 4.57. The van der Waals surface area contributed by atoms with E-state index in [0.29, 0.717) is 29.9 Å². The molecule has 3 rings (SSSR count). The number of hydrogen-bond acceptors (Lipinski definition) is 0. The van der Waals surface area contributed by atoms with Gasteiger partial charge in [0.15, 0.2) is 0 Å². The number of benzene rings is 2. The minimum atomic E-state index is 0.553. The Balaban J connectivity index is 2.09. The predicted octanol–water partition coefficient (Wildman–Crippen LogP) is 4.32. The van der Waals surface area contributed by atoms with Gasteiger partial charge in [0, 0.05) is 0 Å². The summed E-state index contributed by atoms with van der Waals surface area (Å²) in [5.74, 6) is 0. The van der Waals surface area contributed by atoms with E-state index in [1.807, 2.05) is 0 Å². The zero-order chi connectivity index (χ0) is 13.6. The van der Waals surface area contributed by atoms with Gasteiger partial charge in [0.2, 0.25) is 0 Å². The molecule has 2 heteroatoms. The summed E-state index contributed by atoms with van der Waals surface area (Å²) < 4.78 is 2.89. The van der Waals surface area contributed by atoms with Crippen LogP contribution < -0.4 is 0 Å². The molecule has 0 aromatic heterocycles. The molecule has 0 spiro atoms.